The highest BCUT2D eigenvalue weighted by Crippen LogP contribution is 2.38. The average Bonchev–Trinajstić information content (AvgIpc) is 2.99. The van der Waals surface area contributed by atoms with Gasteiger partial charge >= 0.3 is 0 Å². The number of hydrogen-bond acceptors (Lipinski definition) is 4. The van der Waals surface area contributed by atoms with E-state index in [4.69, 9.17) is 17.3 Å². The van der Waals surface area contributed by atoms with Gasteiger partial charge in [-0.2, -0.15) is 0 Å². The smallest absolute Gasteiger partial charge is 0.231 e. The molecule has 0 aliphatic heterocycles. The molecule has 6 heteroatoms. The van der Waals surface area contributed by atoms with Crippen LogP contribution >= 0.6 is 22.9 Å². The van der Waals surface area contributed by atoms with Crippen LogP contribution in [-0.2, 0) is 4.79 Å². The number of anilines is 1. The number of nitrogens with two attached hydrogens (primary N) is 1. The Labute approximate surface area is 132 Å². The van der Waals surface area contributed by atoms with Crippen molar-refractivity contribution in [3.05, 3.63) is 22.7 Å². The summed E-state index contributed by atoms with van der Waals surface area (Å²) in [6.45, 7) is 0.378. The highest BCUT2D eigenvalue weighted by atomic mass is 35.5. The first-order valence-corrected chi connectivity index (χ1v) is 8.45. The predicted octanol–water partition coefficient (Wildman–Crippen LogP) is 3.80. The van der Waals surface area contributed by atoms with Gasteiger partial charge in [0.05, 0.1) is 26.3 Å². The van der Waals surface area contributed by atoms with Crippen LogP contribution in [0.1, 0.15) is 32.1 Å². The maximum absolute atomic E-state index is 12.8. The van der Waals surface area contributed by atoms with E-state index in [2.05, 4.69) is 10.3 Å². The van der Waals surface area contributed by atoms with E-state index in [9.17, 15) is 4.79 Å². The Morgan fingerprint density at radius 3 is 2.86 bits per heavy atom. The Hall–Kier alpha value is -1.17. The molecule has 1 aromatic heterocycles. The first-order valence-electron chi connectivity index (χ1n) is 7.19. The summed E-state index contributed by atoms with van der Waals surface area (Å²) in [6, 6.07) is 3.72. The summed E-state index contributed by atoms with van der Waals surface area (Å²) < 4.78 is 1.01. The van der Waals surface area contributed by atoms with Crippen molar-refractivity contribution in [2.45, 2.75) is 32.1 Å². The van der Waals surface area contributed by atoms with Crippen LogP contribution in [0.15, 0.2) is 17.6 Å². The molecule has 21 heavy (non-hydrogen) atoms. The van der Waals surface area contributed by atoms with Crippen molar-refractivity contribution in [3.63, 3.8) is 0 Å². The summed E-state index contributed by atoms with van der Waals surface area (Å²) in [7, 11) is 0. The van der Waals surface area contributed by atoms with Crippen molar-refractivity contribution >= 4 is 44.7 Å². The topological polar surface area (TPSA) is 68.0 Å². The van der Waals surface area contributed by atoms with Crippen LogP contribution in [0.3, 0.4) is 0 Å². The van der Waals surface area contributed by atoms with E-state index in [-0.39, 0.29) is 5.91 Å². The predicted molar refractivity (Wildman–Crippen MR) is 87.8 cm³/mol. The fraction of sp³-hybridized carbons (Fsp3) is 0.467. The van der Waals surface area contributed by atoms with Crippen molar-refractivity contribution in [2.24, 2.45) is 11.1 Å². The van der Waals surface area contributed by atoms with Crippen LogP contribution in [-0.4, -0.2) is 17.4 Å². The third-order valence-corrected chi connectivity index (χ3v) is 5.48. The summed E-state index contributed by atoms with van der Waals surface area (Å²) in [5.41, 5.74) is 8.58. The molecule has 2 aromatic rings. The van der Waals surface area contributed by atoms with E-state index in [1.165, 1.54) is 17.8 Å². The highest BCUT2D eigenvalue weighted by molar-refractivity contribution is 7.16. The Morgan fingerprint density at radius 2 is 2.14 bits per heavy atom. The first kappa shape index (κ1) is 14.8. The van der Waals surface area contributed by atoms with Crippen molar-refractivity contribution in [3.8, 4) is 0 Å². The SMILES string of the molecule is NCC1(C(=O)Nc2c(Cl)ccc3scnc23)CCCCC1. The molecule has 0 unspecified atom stereocenters. The van der Waals surface area contributed by atoms with Gasteiger partial charge in [-0.05, 0) is 25.0 Å². The maximum atomic E-state index is 12.8. The fourth-order valence-corrected chi connectivity index (χ4v) is 3.91. The number of nitrogens with zero attached hydrogens (tertiary/aromatic N) is 1. The molecule has 1 aromatic carbocycles. The van der Waals surface area contributed by atoms with Crippen LogP contribution in [0.2, 0.25) is 5.02 Å². The van der Waals surface area contributed by atoms with E-state index in [1.54, 1.807) is 11.6 Å². The Bertz CT molecular complexity index is 664. The third-order valence-electron chi connectivity index (χ3n) is 4.37. The molecule has 1 fully saturated rings. The molecule has 1 aliphatic carbocycles. The summed E-state index contributed by atoms with van der Waals surface area (Å²) in [6.07, 6.45) is 4.98. The first-order chi connectivity index (χ1) is 10.2. The maximum Gasteiger partial charge on any atom is 0.231 e. The van der Waals surface area contributed by atoms with Crippen LogP contribution in [0, 0.1) is 5.41 Å². The van der Waals surface area contributed by atoms with Crippen molar-refractivity contribution in [2.75, 3.05) is 11.9 Å². The van der Waals surface area contributed by atoms with Gasteiger partial charge in [0, 0.05) is 6.54 Å². The number of halogens is 1. The second-order valence-electron chi connectivity index (χ2n) is 5.62. The monoisotopic (exact) mass is 323 g/mol. The van der Waals surface area contributed by atoms with Gasteiger partial charge in [0.25, 0.3) is 0 Å². The van der Waals surface area contributed by atoms with Gasteiger partial charge in [-0.15, -0.1) is 11.3 Å². The van der Waals surface area contributed by atoms with Crippen molar-refractivity contribution in [1.82, 2.24) is 4.98 Å². The summed E-state index contributed by atoms with van der Waals surface area (Å²) in [5, 5.41) is 3.51. The normalized spacial score (nSPS) is 17.8. The van der Waals surface area contributed by atoms with E-state index in [1.807, 2.05) is 6.07 Å². The zero-order valence-corrected chi connectivity index (χ0v) is 13.3. The molecule has 0 saturated heterocycles. The number of carbonyl (C=O) groups is 1. The van der Waals surface area contributed by atoms with Gasteiger partial charge in [-0.1, -0.05) is 30.9 Å². The molecular formula is C15H18ClN3OS. The zero-order valence-electron chi connectivity index (χ0n) is 11.7. The molecule has 4 nitrogen and oxygen atoms in total. The van der Waals surface area contributed by atoms with Crippen molar-refractivity contribution < 1.29 is 4.79 Å². The molecule has 0 bridgehead atoms. The molecular weight excluding hydrogens is 306 g/mol. The molecule has 0 spiro atoms. The van der Waals surface area contributed by atoms with Gasteiger partial charge in [-0.3, -0.25) is 4.79 Å². The standard InChI is InChI=1S/C15H18ClN3OS/c16-10-4-5-11-13(18-9-21-11)12(10)19-14(20)15(8-17)6-2-1-3-7-15/h4-5,9H,1-3,6-8,17H2,(H,19,20). The highest BCUT2D eigenvalue weighted by Gasteiger charge is 2.38. The van der Waals surface area contributed by atoms with E-state index >= 15 is 0 Å². The number of carbonyl (C=O) groups excluding carboxylic acids is 1. The molecule has 1 saturated carbocycles. The summed E-state index contributed by atoms with van der Waals surface area (Å²) in [5.74, 6) is -0.0212. The summed E-state index contributed by atoms with van der Waals surface area (Å²) >= 11 is 7.78. The molecule has 1 aliphatic rings. The van der Waals surface area contributed by atoms with E-state index in [0.29, 0.717) is 17.3 Å². The second kappa shape index (κ2) is 5.91. The molecule has 3 N–H and O–H groups in total. The van der Waals surface area contributed by atoms with Gasteiger partial charge in [0.1, 0.15) is 5.52 Å². The summed E-state index contributed by atoms with van der Waals surface area (Å²) in [4.78, 5) is 17.1. The Balaban J connectivity index is 1.92. The lowest BCUT2D eigenvalue weighted by atomic mass is 9.73. The quantitative estimate of drug-likeness (QED) is 0.902. The number of thiazole rings is 1. The molecule has 0 radical (unpaired) electrons. The fourth-order valence-electron chi connectivity index (χ4n) is 3.02. The Morgan fingerprint density at radius 1 is 1.38 bits per heavy atom. The van der Waals surface area contributed by atoms with Crippen LogP contribution in [0.4, 0.5) is 5.69 Å². The lowest BCUT2D eigenvalue weighted by molar-refractivity contribution is -0.126. The number of nitrogens with one attached hydrogen (secondary N) is 1. The number of hydrogen-bond donors (Lipinski definition) is 2. The van der Waals surface area contributed by atoms with Crippen LogP contribution in [0.5, 0.6) is 0 Å². The minimum absolute atomic E-state index is 0.0212. The molecule has 112 valence electrons. The van der Waals surface area contributed by atoms with Crippen LogP contribution in [0.25, 0.3) is 10.2 Å². The number of benzene rings is 1. The zero-order chi connectivity index (χ0) is 14.9. The van der Waals surface area contributed by atoms with Gasteiger partial charge < -0.3 is 11.1 Å². The lowest BCUT2D eigenvalue weighted by Gasteiger charge is -2.34. The molecule has 0 atom stereocenters. The van der Waals surface area contributed by atoms with Gasteiger partial charge in [0.2, 0.25) is 5.91 Å². The lowest BCUT2D eigenvalue weighted by Crippen LogP contribution is -2.43. The largest absolute Gasteiger partial charge is 0.329 e. The average molecular weight is 324 g/mol. The van der Waals surface area contributed by atoms with E-state index in [0.717, 1.165) is 35.9 Å². The number of aromatic nitrogens is 1. The Kier molecular flexibility index (Phi) is 4.15. The molecule has 1 heterocycles. The van der Waals surface area contributed by atoms with E-state index < -0.39 is 5.41 Å². The second-order valence-corrected chi connectivity index (χ2v) is 6.91. The number of fused-ring (bicyclic) bond motifs is 1. The number of amides is 1. The third kappa shape index (κ3) is 2.65. The van der Waals surface area contributed by atoms with Crippen LogP contribution < -0.4 is 11.1 Å². The minimum atomic E-state index is -0.459. The minimum Gasteiger partial charge on any atom is -0.329 e. The molecule has 1 amide bonds. The van der Waals surface area contributed by atoms with Crippen molar-refractivity contribution in [1.29, 1.82) is 0 Å². The van der Waals surface area contributed by atoms with Gasteiger partial charge in [-0.25, -0.2) is 4.98 Å². The number of rotatable bonds is 3. The molecule has 3 rings (SSSR count). The van der Waals surface area contributed by atoms with Gasteiger partial charge in [0.15, 0.2) is 0 Å².